The number of benzene rings is 2. The maximum absolute atomic E-state index is 17.7. The van der Waals surface area contributed by atoms with Gasteiger partial charge < -0.3 is 19.9 Å². The molecule has 2 aromatic heterocycles. The van der Waals surface area contributed by atoms with Crippen LogP contribution in [0, 0.1) is 0 Å². The van der Waals surface area contributed by atoms with E-state index in [0.717, 1.165) is 0 Å². The van der Waals surface area contributed by atoms with Crippen LogP contribution in [0.1, 0.15) is 39.4 Å². The van der Waals surface area contributed by atoms with Gasteiger partial charge in [0.25, 0.3) is 11.7 Å². The van der Waals surface area contributed by atoms with Crippen molar-refractivity contribution in [2.45, 2.75) is 31.2 Å². The number of nitrogens with zero attached hydrogens (tertiary/aromatic N) is 4. The van der Waals surface area contributed by atoms with Gasteiger partial charge in [-0.25, -0.2) is 9.37 Å². The van der Waals surface area contributed by atoms with Crippen molar-refractivity contribution < 1.29 is 29.3 Å². The van der Waals surface area contributed by atoms with Crippen molar-refractivity contribution >= 4 is 29.1 Å². The van der Waals surface area contributed by atoms with E-state index in [1.807, 2.05) is 0 Å². The van der Waals surface area contributed by atoms with Crippen LogP contribution in [0.25, 0.3) is 11.1 Å². The van der Waals surface area contributed by atoms with Gasteiger partial charge in [0.05, 0.1) is 29.5 Å². The van der Waals surface area contributed by atoms with E-state index in [9.17, 15) is 20.1 Å². The number of rotatable bonds is 10. The molecule has 9 nitrogen and oxygen atoms in total. The van der Waals surface area contributed by atoms with Crippen molar-refractivity contribution in [3.63, 3.8) is 0 Å². The summed E-state index contributed by atoms with van der Waals surface area (Å²) in [4.78, 5) is 27.5. The van der Waals surface area contributed by atoms with E-state index in [2.05, 4.69) is 9.97 Å². The molecule has 1 unspecified atom stereocenters. The number of aryl methyl sites for hydroxylation is 2. The molecule has 0 radical (unpaired) electrons. The molecule has 0 aliphatic carbocycles. The summed E-state index contributed by atoms with van der Waals surface area (Å²) in [6.45, 7) is -0.848. The Balaban J connectivity index is 1.69. The van der Waals surface area contributed by atoms with E-state index < -0.39 is 24.4 Å². The number of alkyl halides is 1. The summed E-state index contributed by atoms with van der Waals surface area (Å²) in [5.74, 6) is -3.17. The van der Waals surface area contributed by atoms with Crippen LogP contribution in [-0.2, 0) is 30.5 Å². The Morgan fingerprint density at radius 1 is 1.12 bits per heavy atom. The third kappa shape index (κ3) is 5.41. The molecule has 4 aromatic rings. The van der Waals surface area contributed by atoms with Gasteiger partial charge in [0.2, 0.25) is 0 Å². The van der Waals surface area contributed by atoms with Crippen LogP contribution >= 0.6 is 23.2 Å². The number of hydroxylamine groups is 2. The lowest BCUT2D eigenvalue weighted by molar-refractivity contribution is -0.262. The highest BCUT2D eigenvalue weighted by atomic mass is 35.5. The van der Waals surface area contributed by atoms with Gasteiger partial charge in [0.1, 0.15) is 17.7 Å². The number of fused-ring (bicyclic) bond motifs is 1. The van der Waals surface area contributed by atoms with Gasteiger partial charge >= 0.3 is 0 Å². The second-order valence-corrected chi connectivity index (χ2v) is 10.5. The third-order valence-corrected chi connectivity index (χ3v) is 7.53. The van der Waals surface area contributed by atoms with E-state index >= 15 is 4.39 Å². The Kier molecular flexibility index (Phi) is 8.30. The highest BCUT2D eigenvalue weighted by molar-refractivity contribution is 6.30. The minimum atomic E-state index is -2.84. The van der Waals surface area contributed by atoms with Gasteiger partial charge in [-0.05, 0) is 41.3 Å². The zero-order valence-electron chi connectivity index (χ0n) is 22.0. The first-order chi connectivity index (χ1) is 19.6. The normalized spacial score (nSPS) is 17.2. The molecular weight excluding hydrogens is 574 g/mol. The highest BCUT2D eigenvalue weighted by Gasteiger charge is 2.58. The number of aliphatic hydroxyl groups excluding tert-OH is 2. The lowest BCUT2D eigenvalue weighted by Gasteiger charge is -2.35. The molecule has 1 amide bonds. The number of aliphatic hydroxyl groups is 2. The van der Waals surface area contributed by atoms with Gasteiger partial charge in [-0.15, -0.1) is 0 Å². The summed E-state index contributed by atoms with van der Waals surface area (Å²) < 4.78 is 19.4. The molecule has 0 fully saturated rings. The Hall–Kier alpha value is -3.54. The van der Waals surface area contributed by atoms with Crippen molar-refractivity contribution in [1.29, 1.82) is 0 Å². The number of halogens is 3. The molecule has 0 spiro atoms. The average Bonchev–Trinajstić information content (AvgIpc) is 3.46. The molecule has 12 heteroatoms. The van der Waals surface area contributed by atoms with Gasteiger partial charge in [-0.1, -0.05) is 41.4 Å². The largest absolute Gasteiger partial charge is 0.506 e. The van der Waals surface area contributed by atoms with Crippen molar-refractivity contribution in [2.75, 3.05) is 13.2 Å². The fourth-order valence-electron chi connectivity index (χ4n) is 5.10. The minimum Gasteiger partial charge on any atom is -0.506 e. The first-order valence-electron chi connectivity index (χ1n) is 12.8. The van der Waals surface area contributed by atoms with Gasteiger partial charge in [-0.2, -0.15) is 5.06 Å². The van der Waals surface area contributed by atoms with Crippen LogP contribution in [0.15, 0.2) is 61.1 Å². The number of aromatic hydroxyl groups is 1. The van der Waals surface area contributed by atoms with Gasteiger partial charge in [0.15, 0.2) is 0 Å². The van der Waals surface area contributed by atoms with Crippen LogP contribution in [0.5, 0.6) is 5.75 Å². The lowest BCUT2D eigenvalue weighted by Crippen LogP contribution is -2.49. The monoisotopic (exact) mass is 600 g/mol. The molecule has 2 aromatic carbocycles. The summed E-state index contributed by atoms with van der Waals surface area (Å²) >= 11 is 12.1. The lowest BCUT2D eigenvalue weighted by atomic mass is 9.84. The fourth-order valence-corrected chi connectivity index (χ4v) is 5.37. The SMILES string of the molecule is Cn1ccnc1CCC(O)[C@]1(F)c2c(ccc(Cc3ncc(Cl)cc3O)c2-c2ccc(Cl)cc2)C(=O)N1OCCO. The van der Waals surface area contributed by atoms with Crippen LogP contribution < -0.4 is 0 Å². The summed E-state index contributed by atoms with van der Waals surface area (Å²) in [5.41, 5.74) is 1.53. The molecular formula is C29H27Cl2FN4O5. The molecule has 3 heterocycles. The smallest absolute Gasteiger partial charge is 0.281 e. The first-order valence-corrected chi connectivity index (χ1v) is 13.6. The molecule has 0 saturated carbocycles. The standard InChI is InChI=1S/C29H27Cl2FN4O5/c1-35-11-10-33-25(35)9-8-24(39)29(32)27-21(28(40)36(29)41-13-12-37)7-4-18(14-22-23(38)15-20(31)16-34-22)26(27)17-2-5-19(30)6-3-17/h2-7,10-11,15-16,24,37-39H,8-9,12-14H2,1H3/t24?,29-/m1/s1. The number of aromatic nitrogens is 3. The fraction of sp³-hybridized carbons (Fsp3) is 0.276. The van der Waals surface area contributed by atoms with Crippen molar-refractivity contribution in [1.82, 2.24) is 19.6 Å². The Morgan fingerprint density at radius 2 is 1.88 bits per heavy atom. The topological polar surface area (TPSA) is 121 Å². The molecule has 2 atom stereocenters. The van der Waals surface area contributed by atoms with Crippen LogP contribution in [0.2, 0.25) is 10.0 Å². The molecule has 41 heavy (non-hydrogen) atoms. The Labute approximate surface area is 245 Å². The number of pyridine rings is 1. The molecule has 214 valence electrons. The number of hydrogen-bond donors (Lipinski definition) is 3. The molecule has 1 aliphatic heterocycles. The zero-order chi connectivity index (χ0) is 29.3. The van der Waals surface area contributed by atoms with E-state index in [-0.39, 0.29) is 53.5 Å². The number of carbonyl (C=O) groups is 1. The highest BCUT2D eigenvalue weighted by Crippen LogP contribution is 2.50. The predicted octanol–water partition coefficient (Wildman–Crippen LogP) is 4.58. The van der Waals surface area contributed by atoms with Crippen molar-refractivity contribution in [3.05, 3.63) is 99.3 Å². The number of carbonyl (C=O) groups excluding carboxylic acids is 1. The van der Waals surface area contributed by atoms with Crippen LogP contribution in [0.3, 0.4) is 0 Å². The van der Waals surface area contributed by atoms with E-state index in [1.165, 1.54) is 18.3 Å². The summed E-state index contributed by atoms with van der Waals surface area (Å²) in [5, 5.41) is 32.6. The number of hydrogen-bond acceptors (Lipinski definition) is 7. The Bertz CT molecular complexity index is 1580. The van der Waals surface area contributed by atoms with Crippen molar-refractivity contribution in [2.24, 2.45) is 7.05 Å². The molecule has 5 rings (SSSR count). The molecule has 3 N–H and O–H groups in total. The summed E-state index contributed by atoms with van der Waals surface area (Å²) in [6.07, 6.45) is 3.15. The second kappa shape index (κ2) is 11.8. The van der Waals surface area contributed by atoms with Crippen LogP contribution in [-0.4, -0.2) is 60.1 Å². The summed E-state index contributed by atoms with van der Waals surface area (Å²) in [7, 11) is 1.79. The van der Waals surface area contributed by atoms with Gasteiger partial charge in [0, 0.05) is 55.1 Å². The van der Waals surface area contributed by atoms with E-state index in [4.69, 9.17) is 28.0 Å². The van der Waals surface area contributed by atoms with Crippen LogP contribution in [0.4, 0.5) is 4.39 Å². The Morgan fingerprint density at radius 3 is 2.54 bits per heavy atom. The molecule has 0 saturated heterocycles. The van der Waals surface area contributed by atoms with Gasteiger partial charge in [-0.3, -0.25) is 14.6 Å². The number of amides is 1. The number of imidazole rings is 1. The molecule has 0 bridgehead atoms. The summed E-state index contributed by atoms with van der Waals surface area (Å²) in [6, 6.07) is 11.1. The predicted molar refractivity (Wildman–Crippen MR) is 150 cm³/mol. The third-order valence-electron chi connectivity index (χ3n) is 7.07. The first kappa shape index (κ1) is 29.0. The minimum absolute atomic E-state index is 0.0107. The quantitative estimate of drug-likeness (QED) is 0.228. The maximum atomic E-state index is 17.7. The molecule has 1 aliphatic rings. The zero-order valence-corrected chi connectivity index (χ0v) is 23.5. The second-order valence-electron chi connectivity index (χ2n) is 9.66. The van der Waals surface area contributed by atoms with E-state index in [1.54, 1.807) is 54.3 Å². The maximum Gasteiger partial charge on any atom is 0.281 e. The average molecular weight is 601 g/mol. The van der Waals surface area contributed by atoms with Crippen molar-refractivity contribution in [3.8, 4) is 16.9 Å². The van der Waals surface area contributed by atoms with E-state index in [0.29, 0.717) is 32.6 Å².